The molecule has 9 heteroatoms. The van der Waals surface area contributed by atoms with Gasteiger partial charge in [0, 0.05) is 42.8 Å². The van der Waals surface area contributed by atoms with E-state index in [1.165, 1.54) is 0 Å². The molecule has 0 radical (unpaired) electrons. The van der Waals surface area contributed by atoms with Crippen LogP contribution in [0.25, 0.3) is 16.7 Å². The number of aromatic nitrogens is 3. The quantitative estimate of drug-likeness (QED) is 0.448. The van der Waals surface area contributed by atoms with Crippen molar-refractivity contribution in [2.45, 2.75) is 70.1 Å². The maximum atomic E-state index is 12.9. The van der Waals surface area contributed by atoms with Crippen LogP contribution in [0.2, 0.25) is 0 Å². The van der Waals surface area contributed by atoms with Crippen LogP contribution >= 0.6 is 0 Å². The van der Waals surface area contributed by atoms with E-state index in [0.717, 1.165) is 48.2 Å². The Bertz CT molecular complexity index is 1220. The van der Waals surface area contributed by atoms with Gasteiger partial charge >= 0.3 is 0 Å². The fourth-order valence-corrected chi connectivity index (χ4v) is 5.28. The van der Waals surface area contributed by atoms with Crippen LogP contribution < -0.4 is 10.1 Å². The maximum Gasteiger partial charge on any atom is 0.225 e. The molecule has 37 heavy (non-hydrogen) atoms. The van der Waals surface area contributed by atoms with Gasteiger partial charge in [-0.2, -0.15) is 4.98 Å². The summed E-state index contributed by atoms with van der Waals surface area (Å²) in [5, 5.41) is 24.2. The van der Waals surface area contributed by atoms with Crippen molar-refractivity contribution in [1.29, 1.82) is 0 Å². The first-order valence-corrected chi connectivity index (χ1v) is 13.3. The summed E-state index contributed by atoms with van der Waals surface area (Å²) in [5.74, 6) is 2.36. The van der Waals surface area contributed by atoms with Crippen molar-refractivity contribution in [3.8, 4) is 11.6 Å². The van der Waals surface area contributed by atoms with Gasteiger partial charge in [-0.1, -0.05) is 6.07 Å². The normalized spacial score (nSPS) is 21.2. The van der Waals surface area contributed by atoms with Gasteiger partial charge in [-0.25, -0.2) is 4.98 Å². The van der Waals surface area contributed by atoms with Crippen LogP contribution in [0.15, 0.2) is 42.7 Å². The van der Waals surface area contributed by atoms with Crippen molar-refractivity contribution in [2.75, 3.05) is 25.0 Å². The predicted octanol–water partition coefficient (Wildman–Crippen LogP) is 3.52. The standard InChI is InChI=1S/C28H37N5O4/c1-28(2,36)18-37-24-5-3-4-23-22(24)13-17-33(23)25-10-14-29-27(31-25)30-20-8-6-19(7-9-20)26(35)32-15-11-21(34)12-16-32/h3-5,10,13-14,17,19-21,34,36H,6-9,11-12,15-16,18H2,1-2H3,(H,29,30,31). The van der Waals surface area contributed by atoms with Crippen molar-refractivity contribution < 1.29 is 19.7 Å². The predicted molar refractivity (Wildman–Crippen MR) is 142 cm³/mol. The lowest BCUT2D eigenvalue weighted by molar-refractivity contribution is -0.138. The average molecular weight is 508 g/mol. The number of hydrogen-bond acceptors (Lipinski definition) is 7. The molecule has 198 valence electrons. The number of amides is 1. The van der Waals surface area contributed by atoms with Crippen molar-refractivity contribution in [2.24, 2.45) is 5.92 Å². The molecule has 2 aromatic heterocycles. The maximum absolute atomic E-state index is 12.9. The number of nitrogens with one attached hydrogen (secondary N) is 1. The van der Waals surface area contributed by atoms with Crippen LogP contribution in [0.4, 0.5) is 5.95 Å². The fraction of sp³-hybridized carbons (Fsp3) is 0.536. The molecule has 1 aliphatic carbocycles. The van der Waals surface area contributed by atoms with E-state index in [9.17, 15) is 15.0 Å². The summed E-state index contributed by atoms with van der Waals surface area (Å²) in [6.07, 6.45) is 8.32. The third kappa shape index (κ3) is 6.05. The highest BCUT2D eigenvalue weighted by atomic mass is 16.5. The highest BCUT2D eigenvalue weighted by Crippen LogP contribution is 2.30. The molecule has 0 spiro atoms. The van der Waals surface area contributed by atoms with Crippen LogP contribution in [-0.2, 0) is 4.79 Å². The minimum atomic E-state index is -0.915. The molecule has 3 aromatic rings. The molecule has 2 aliphatic rings. The smallest absolute Gasteiger partial charge is 0.225 e. The molecule has 1 saturated carbocycles. The van der Waals surface area contributed by atoms with Gasteiger partial charge in [0.2, 0.25) is 11.9 Å². The SMILES string of the molecule is CC(C)(O)COc1cccc2c1ccn2-c1ccnc(NC2CCC(C(=O)N3CCC(O)CC3)CC2)n1. The molecule has 0 bridgehead atoms. The third-order valence-corrected chi connectivity index (χ3v) is 7.35. The summed E-state index contributed by atoms with van der Waals surface area (Å²) in [6, 6.07) is 9.95. The Morgan fingerprint density at radius 1 is 1.11 bits per heavy atom. The lowest BCUT2D eigenvalue weighted by atomic mass is 9.85. The Balaban J connectivity index is 1.22. The molecule has 2 fully saturated rings. The second kappa shape index (κ2) is 10.7. The second-order valence-corrected chi connectivity index (χ2v) is 11.0. The Morgan fingerprint density at radius 3 is 2.59 bits per heavy atom. The van der Waals surface area contributed by atoms with Crippen LogP contribution in [-0.4, -0.2) is 73.0 Å². The van der Waals surface area contributed by atoms with Crippen molar-refractivity contribution in [3.63, 3.8) is 0 Å². The first kappa shape index (κ1) is 25.5. The molecule has 1 saturated heterocycles. The van der Waals surface area contributed by atoms with Gasteiger partial charge in [0.15, 0.2) is 0 Å². The number of aliphatic hydroxyl groups is 2. The van der Waals surface area contributed by atoms with E-state index in [4.69, 9.17) is 9.72 Å². The van der Waals surface area contributed by atoms with E-state index in [2.05, 4.69) is 10.3 Å². The summed E-state index contributed by atoms with van der Waals surface area (Å²) in [5.41, 5.74) is 0.0451. The number of aliphatic hydroxyl groups excluding tert-OH is 1. The van der Waals surface area contributed by atoms with Crippen LogP contribution in [0.3, 0.4) is 0 Å². The molecule has 3 heterocycles. The molecule has 9 nitrogen and oxygen atoms in total. The number of piperidine rings is 1. The van der Waals surface area contributed by atoms with Gasteiger partial charge in [-0.3, -0.25) is 4.79 Å². The van der Waals surface area contributed by atoms with Crippen molar-refractivity contribution in [1.82, 2.24) is 19.4 Å². The van der Waals surface area contributed by atoms with Crippen LogP contribution in [0, 0.1) is 5.92 Å². The third-order valence-electron chi connectivity index (χ3n) is 7.35. The summed E-state index contributed by atoms with van der Waals surface area (Å²) in [7, 11) is 0. The Morgan fingerprint density at radius 2 is 1.86 bits per heavy atom. The number of likely N-dealkylation sites (tertiary alicyclic amines) is 1. The Labute approximate surface area is 217 Å². The molecule has 3 N–H and O–H groups in total. The van der Waals surface area contributed by atoms with Crippen molar-refractivity contribution in [3.05, 3.63) is 42.7 Å². The number of carbonyl (C=O) groups excluding carboxylic acids is 1. The van der Waals surface area contributed by atoms with E-state index in [0.29, 0.717) is 31.9 Å². The number of benzene rings is 1. The van der Waals surface area contributed by atoms with Gasteiger partial charge < -0.3 is 29.7 Å². The van der Waals surface area contributed by atoms with Gasteiger partial charge in [-0.15, -0.1) is 0 Å². The van der Waals surface area contributed by atoms with Crippen LogP contribution in [0.5, 0.6) is 5.75 Å². The molecule has 1 aliphatic heterocycles. The first-order valence-electron chi connectivity index (χ1n) is 13.3. The number of ether oxygens (including phenoxy) is 1. The van der Waals surface area contributed by atoms with Gasteiger partial charge in [-0.05, 0) is 76.6 Å². The van der Waals surface area contributed by atoms with E-state index in [-0.39, 0.29) is 30.6 Å². The molecular weight excluding hydrogens is 470 g/mol. The summed E-state index contributed by atoms with van der Waals surface area (Å²) in [4.78, 5) is 24.0. The zero-order valence-corrected chi connectivity index (χ0v) is 21.6. The van der Waals surface area contributed by atoms with E-state index in [1.807, 2.05) is 46.0 Å². The lowest BCUT2D eigenvalue weighted by Crippen LogP contribution is -2.44. The molecular formula is C28H37N5O4. The number of rotatable bonds is 7. The zero-order chi connectivity index (χ0) is 26.0. The zero-order valence-electron chi connectivity index (χ0n) is 21.6. The average Bonchev–Trinajstić information content (AvgIpc) is 3.33. The summed E-state index contributed by atoms with van der Waals surface area (Å²) < 4.78 is 7.88. The van der Waals surface area contributed by atoms with Crippen molar-refractivity contribution >= 4 is 22.8 Å². The number of nitrogens with zero attached hydrogens (tertiary/aromatic N) is 4. The number of fused-ring (bicyclic) bond motifs is 1. The van der Waals surface area contributed by atoms with Crippen LogP contribution in [0.1, 0.15) is 52.4 Å². The number of hydrogen-bond donors (Lipinski definition) is 3. The molecule has 1 amide bonds. The van der Waals surface area contributed by atoms with E-state index >= 15 is 0 Å². The fourth-order valence-electron chi connectivity index (χ4n) is 5.28. The molecule has 0 unspecified atom stereocenters. The highest BCUT2D eigenvalue weighted by Gasteiger charge is 2.31. The minimum Gasteiger partial charge on any atom is -0.490 e. The number of carbonyl (C=O) groups is 1. The lowest BCUT2D eigenvalue weighted by Gasteiger charge is -2.35. The Hall–Kier alpha value is -3.17. The summed E-state index contributed by atoms with van der Waals surface area (Å²) in [6.45, 7) is 4.98. The second-order valence-electron chi connectivity index (χ2n) is 11.0. The molecule has 1 aromatic carbocycles. The highest BCUT2D eigenvalue weighted by molar-refractivity contribution is 5.87. The molecule has 0 atom stereocenters. The van der Waals surface area contributed by atoms with E-state index < -0.39 is 5.60 Å². The largest absolute Gasteiger partial charge is 0.490 e. The topological polar surface area (TPSA) is 113 Å². The monoisotopic (exact) mass is 507 g/mol. The Kier molecular flexibility index (Phi) is 7.35. The minimum absolute atomic E-state index is 0.0691. The summed E-state index contributed by atoms with van der Waals surface area (Å²) >= 11 is 0. The van der Waals surface area contributed by atoms with Gasteiger partial charge in [0.25, 0.3) is 0 Å². The van der Waals surface area contributed by atoms with E-state index in [1.54, 1.807) is 20.0 Å². The first-order chi connectivity index (χ1) is 17.8. The molecule has 5 rings (SSSR count). The van der Waals surface area contributed by atoms with Gasteiger partial charge in [0.05, 0.1) is 17.2 Å². The van der Waals surface area contributed by atoms with Gasteiger partial charge in [0.1, 0.15) is 18.2 Å². The number of anilines is 1.